The number of hydrogen-bond acceptors (Lipinski definition) is 4. The van der Waals surface area contributed by atoms with Crippen molar-refractivity contribution in [3.63, 3.8) is 0 Å². The first-order valence-electron chi connectivity index (χ1n) is 5.54. The molecule has 1 rings (SSSR count). The number of aromatic nitrogens is 1. The summed E-state index contributed by atoms with van der Waals surface area (Å²) in [5.41, 5.74) is 1.38. The molecule has 0 saturated heterocycles. The maximum absolute atomic E-state index is 8.84. The van der Waals surface area contributed by atoms with Gasteiger partial charge in [-0.1, -0.05) is 13.3 Å². The van der Waals surface area contributed by atoms with Gasteiger partial charge in [0.15, 0.2) is 0 Å². The molecule has 4 heteroatoms. The molecule has 4 nitrogen and oxygen atoms in total. The Morgan fingerprint density at radius 3 is 3.12 bits per heavy atom. The predicted molar refractivity (Wildman–Crippen MR) is 63.2 cm³/mol. The average molecular weight is 219 g/mol. The van der Waals surface area contributed by atoms with E-state index < -0.39 is 0 Å². The summed E-state index contributed by atoms with van der Waals surface area (Å²) in [6, 6.07) is 3.81. The first-order valence-corrected chi connectivity index (χ1v) is 5.54. The molecule has 0 aromatic carbocycles. The molecule has 0 spiro atoms. The highest BCUT2D eigenvalue weighted by atomic mass is 16.5. The number of unbranched alkanes of at least 4 members (excludes halogenated alkanes) is 1. The molecule has 1 aromatic rings. The molecular weight excluding hydrogens is 202 g/mol. The largest absolute Gasteiger partial charge is 0.380 e. The maximum atomic E-state index is 8.84. The number of rotatable bonds is 7. The van der Waals surface area contributed by atoms with Crippen LogP contribution >= 0.6 is 0 Å². The van der Waals surface area contributed by atoms with E-state index in [1.165, 1.54) is 0 Å². The molecule has 0 bridgehead atoms. The van der Waals surface area contributed by atoms with Crippen molar-refractivity contribution in [3.8, 4) is 6.07 Å². The fourth-order valence-electron chi connectivity index (χ4n) is 1.24. The predicted octanol–water partition coefficient (Wildman–Crippen LogP) is 2.18. The zero-order chi connectivity index (χ0) is 11.6. The molecule has 0 amide bonds. The van der Waals surface area contributed by atoms with Crippen molar-refractivity contribution in [2.45, 2.75) is 19.8 Å². The molecule has 0 fully saturated rings. The lowest BCUT2D eigenvalue weighted by Crippen LogP contribution is -2.11. The van der Waals surface area contributed by atoms with Crippen LogP contribution in [0, 0.1) is 11.3 Å². The third kappa shape index (κ3) is 4.28. The Bertz CT molecular complexity index is 346. The molecule has 0 aliphatic heterocycles. The van der Waals surface area contributed by atoms with Crippen molar-refractivity contribution in [3.05, 3.63) is 24.0 Å². The van der Waals surface area contributed by atoms with Gasteiger partial charge in [-0.3, -0.25) is 4.98 Å². The molecular formula is C12H17N3O. The second kappa shape index (κ2) is 7.66. The van der Waals surface area contributed by atoms with E-state index in [0.717, 1.165) is 25.1 Å². The number of ether oxygens (including phenoxy) is 1. The summed E-state index contributed by atoms with van der Waals surface area (Å²) in [7, 11) is 0. The Labute approximate surface area is 96.3 Å². The molecule has 0 radical (unpaired) electrons. The fourth-order valence-corrected chi connectivity index (χ4v) is 1.24. The molecule has 0 aliphatic carbocycles. The molecule has 1 N–H and O–H groups in total. The van der Waals surface area contributed by atoms with E-state index >= 15 is 0 Å². The molecule has 1 aromatic heterocycles. The normalized spacial score (nSPS) is 9.75. The van der Waals surface area contributed by atoms with Crippen LogP contribution in [0.25, 0.3) is 0 Å². The van der Waals surface area contributed by atoms with Gasteiger partial charge >= 0.3 is 0 Å². The SMILES string of the molecule is CCCCOCCNc1cnccc1C#N. The van der Waals surface area contributed by atoms with Crippen LogP contribution in [0.1, 0.15) is 25.3 Å². The Hall–Kier alpha value is -1.60. The minimum atomic E-state index is 0.614. The van der Waals surface area contributed by atoms with E-state index in [9.17, 15) is 0 Å². The number of anilines is 1. The zero-order valence-electron chi connectivity index (χ0n) is 9.57. The van der Waals surface area contributed by atoms with Gasteiger partial charge in [-0.25, -0.2) is 0 Å². The monoisotopic (exact) mass is 219 g/mol. The number of hydrogen-bond donors (Lipinski definition) is 1. The van der Waals surface area contributed by atoms with Gasteiger partial charge in [0.2, 0.25) is 0 Å². The van der Waals surface area contributed by atoms with Crippen LogP contribution in [0.4, 0.5) is 5.69 Å². The van der Waals surface area contributed by atoms with Crippen molar-refractivity contribution in [1.29, 1.82) is 5.26 Å². The highest BCUT2D eigenvalue weighted by Gasteiger charge is 1.99. The summed E-state index contributed by atoms with van der Waals surface area (Å²) in [5, 5.41) is 12.0. The van der Waals surface area contributed by atoms with Crippen molar-refractivity contribution in [2.75, 3.05) is 25.1 Å². The molecule has 16 heavy (non-hydrogen) atoms. The number of nitrogens with zero attached hydrogens (tertiary/aromatic N) is 2. The summed E-state index contributed by atoms with van der Waals surface area (Å²) in [4.78, 5) is 3.97. The summed E-state index contributed by atoms with van der Waals surface area (Å²) in [5.74, 6) is 0. The van der Waals surface area contributed by atoms with Crippen LogP contribution in [-0.2, 0) is 4.74 Å². The topological polar surface area (TPSA) is 57.9 Å². The third-order valence-electron chi connectivity index (χ3n) is 2.15. The Kier molecular flexibility index (Phi) is 5.97. The van der Waals surface area contributed by atoms with E-state index in [-0.39, 0.29) is 0 Å². The fraction of sp³-hybridized carbons (Fsp3) is 0.500. The smallest absolute Gasteiger partial charge is 0.101 e. The van der Waals surface area contributed by atoms with Crippen LogP contribution < -0.4 is 5.32 Å². The number of pyridine rings is 1. The third-order valence-corrected chi connectivity index (χ3v) is 2.15. The van der Waals surface area contributed by atoms with E-state index in [1.54, 1.807) is 18.5 Å². The van der Waals surface area contributed by atoms with Crippen LogP contribution in [0.15, 0.2) is 18.5 Å². The summed E-state index contributed by atoms with van der Waals surface area (Å²) in [6.45, 7) is 4.29. The summed E-state index contributed by atoms with van der Waals surface area (Å²) in [6.07, 6.45) is 5.51. The van der Waals surface area contributed by atoms with E-state index in [4.69, 9.17) is 10.00 Å². The Morgan fingerprint density at radius 1 is 1.50 bits per heavy atom. The van der Waals surface area contributed by atoms with Crippen LogP contribution in [0.5, 0.6) is 0 Å². The molecule has 0 unspecified atom stereocenters. The van der Waals surface area contributed by atoms with E-state index in [2.05, 4.69) is 23.3 Å². The van der Waals surface area contributed by atoms with Crippen LogP contribution in [0.2, 0.25) is 0 Å². The highest BCUT2D eigenvalue weighted by Crippen LogP contribution is 2.10. The van der Waals surface area contributed by atoms with Gasteiger partial charge < -0.3 is 10.1 Å². The second-order valence-corrected chi connectivity index (χ2v) is 3.43. The van der Waals surface area contributed by atoms with Crippen molar-refractivity contribution in [1.82, 2.24) is 4.98 Å². The zero-order valence-corrected chi connectivity index (χ0v) is 9.57. The Balaban J connectivity index is 2.24. The van der Waals surface area contributed by atoms with Crippen molar-refractivity contribution < 1.29 is 4.74 Å². The molecule has 0 saturated carbocycles. The molecule has 0 atom stereocenters. The average Bonchev–Trinajstić information content (AvgIpc) is 2.34. The first-order chi connectivity index (χ1) is 7.88. The number of nitrogens with one attached hydrogen (secondary N) is 1. The van der Waals surface area contributed by atoms with Crippen LogP contribution in [-0.4, -0.2) is 24.7 Å². The second-order valence-electron chi connectivity index (χ2n) is 3.43. The summed E-state index contributed by atoms with van der Waals surface area (Å²) < 4.78 is 5.40. The van der Waals surface area contributed by atoms with Crippen LogP contribution in [0.3, 0.4) is 0 Å². The van der Waals surface area contributed by atoms with Gasteiger partial charge in [-0.2, -0.15) is 5.26 Å². The number of nitriles is 1. The molecule has 0 aliphatic rings. The minimum Gasteiger partial charge on any atom is -0.380 e. The quantitative estimate of drug-likeness (QED) is 0.714. The molecule has 1 heterocycles. The Morgan fingerprint density at radius 2 is 2.38 bits per heavy atom. The van der Waals surface area contributed by atoms with E-state index in [1.807, 2.05) is 0 Å². The van der Waals surface area contributed by atoms with E-state index in [0.29, 0.717) is 18.7 Å². The van der Waals surface area contributed by atoms with Gasteiger partial charge in [0.1, 0.15) is 6.07 Å². The van der Waals surface area contributed by atoms with Crippen molar-refractivity contribution in [2.24, 2.45) is 0 Å². The summed E-state index contributed by atoms with van der Waals surface area (Å²) >= 11 is 0. The van der Waals surface area contributed by atoms with Gasteiger partial charge in [-0.05, 0) is 12.5 Å². The van der Waals surface area contributed by atoms with Gasteiger partial charge in [0, 0.05) is 19.3 Å². The highest BCUT2D eigenvalue weighted by molar-refractivity contribution is 5.55. The molecule has 86 valence electrons. The maximum Gasteiger partial charge on any atom is 0.101 e. The lowest BCUT2D eigenvalue weighted by Gasteiger charge is -2.07. The lowest BCUT2D eigenvalue weighted by molar-refractivity contribution is 0.141. The van der Waals surface area contributed by atoms with Gasteiger partial charge in [-0.15, -0.1) is 0 Å². The van der Waals surface area contributed by atoms with Crippen molar-refractivity contribution >= 4 is 5.69 Å². The minimum absolute atomic E-state index is 0.614. The van der Waals surface area contributed by atoms with Gasteiger partial charge in [0.25, 0.3) is 0 Å². The standard InChI is InChI=1S/C12H17N3O/c1-2-3-7-16-8-6-15-12-10-14-5-4-11(12)9-13/h4-5,10,15H,2-3,6-8H2,1H3. The first kappa shape index (κ1) is 12.5. The van der Waals surface area contributed by atoms with Gasteiger partial charge in [0.05, 0.1) is 24.1 Å². The lowest BCUT2D eigenvalue weighted by atomic mass is 10.2.